The standard InChI is InChI=1S/C14H9NO4S/c16-13-9-3-1-2-4-11(9)20(19)12-7-8(14(17)18)5-6-10(12)15-13/h1-7H,(H,15,16)(H,17,18). The number of aromatic carboxylic acids is 1. The van der Waals surface area contributed by atoms with Gasteiger partial charge in [0, 0.05) is 0 Å². The Hall–Kier alpha value is -2.47. The summed E-state index contributed by atoms with van der Waals surface area (Å²) >= 11 is 0. The van der Waals surface area contributed by atoms with Gasteiger partial charge in [-0.1, -0.05) is 12.1 Å². The highest BCUT2D eigenvalue weighted by Crippen LogP contribution is 2.31. The molecule has 20 heavy (non-hydrogen) atoms. The molecule has 0 saturated heterocycles. The van der Waals surface area contributed by atoms with Gasteiger partial charge in [0.15, 0.2) is 0 Å². The SMILES string of the molecule is O=C(O)c1ccc2c(c1)S(=O)c1ccccc1C(=O)N2. The molecule has 6 heteroatoms. The van der Waals surface area contributed by atoms with Crippen LogP contribution in [0.15, 0.2) is 52.3 Å². The van der Waals surface area contributed by atoms with Gasteiger partial charge < -0.3 is 10.4 Å². The van der Waals surface area contributed by atoms with E-state index in [0.29, 0.717) is 21.0 Å². The Balaban J connectivity index is 2.25. The van der Waals surface area contributed by atoms with Gasteiger partial charge in [-0.05, 0) is 30.3 Å². The first kappa shape index (κ1) is 12.6. The summed E-state index contributed by atoms with van der Waals surface area (Å²) in [6, 6.07) is 10.7. The van der Waals surface area contributed by atoms with Gasteiger partial charge in [-0.15, -0.1) is 0 Å². The highest BCUT2D eigenvalue weighted by atomic mass is 32.2. The van der Waals surface area contributed by atoms with Crippen LogP contribution >= 0.6 is 0 Å². The number of carboxylic acid groups (broad SMARTS) is 1. The minimum atomic E-state index is -1.60. The number of amides is 1. The molecule has 2 aromatic carbocycles. The smallest absolute Gasteiger partial charge is 0.335 e. The fourth-order valence-corrected chi connectivity index (χ4v) is 3.39. The van der Waals surface area contributed by atoms with E-state index in [9.17, 15) is 13.8 Å². The van der Waals surface area contributed by atoms with Crippen molar-refractivity contribution in [1.82, 2.24) is 0 Å². The Morgan fingerprint density at radius 3 is 2.60 bits per heavy atom. The van der Waals surface area contributed by atoms with E-state index in [-0.39, 0.29) is 11.5 Å². The predicted octanol–water partition coefficient (Wildman–Crippen LogP) is 2.12. The van der Waals surface area contributed by atoms with E-state index in [1.807, 2.05) is 0 Å². The lowest BCUT2D eigenvalue weighted by molar-refractivity contribution is 0.0696. The molecular formula is C14H9NO4S. The van der Waals surface area contributed by atoms with Gasteiger partial charge in [-0.25, -0.2) is 9.00 Å². The topological polar surface area (TPSA) is 83.5 Å². The normalized spacial score (nSPS) is 16.6. The van der Waals surface area contributed by atoms with Crippen molar-refractivity contribution >= 4 is 28.4 Å². The number of rotatable bonds is 1. The molecule has 0 aliphatic carbocycles. The minimum Gasteiger partial charge on any atom is -0.478 e. The zero-order valence-corrected chi connectivity index (χ0v) is 10.9. The molecule has 5 nitrogen and oxygen atoms in total. The van der Waals surface area contributed by atoms with Crippen molar-refractivity contribution in [3.63, 3.8) is 0 Å². The maximum atomic E-state index is 12.6. The monoisotopic (exact) mass is 287 g/mol. The van der Waals surface area contributed by atoms with Crippen LogP contribution in [-0.2, 0) is 10.8 Å². The number of anilines is 1. The van der Waals surface area contributed by atoms with E-state index in [1.54, 1.807) is 24.3 Å². The van der Waals surface area contributed by atoms with Crippen molar-refractivity contribution in [2.24, 2.45) is 0 Å². The summed E-state index contributed by atoms with van der Waals surface area (Å²) in [7, 11) is -1.60. The first-order valence-electron chi connectivity index (χ1n) is 5.77. The molecule has 1 atom stereocenters. The van der Waals surface area contributed by atoms with Crippen molar-refractivity contribution < 1.29 is 18.9 Å². The third kappa shape index (κ3) is 1.90. The molecule has 0 radical (unpaired) electrons. The van der Waals surface area contributed by atoms with E-state index in [4.69, 9.17) is 5.11 Å². The van der Waals surface area contributed by atoms with E-state index in [1.165, 1.54) is 18.2 Å². The van der Waals surface area contributed by atoms with Crippen molar-refractivity contribution in [2.45, 2.75) is 9.79 Å². The first-order chi connectivity index (χ1) is 9.58. The lowest BCUT2D eigenvalue weighted by atomic mass is 10.2. The Bertz CT molecular complexity index is 770. The van der Waals surface area contributed by atoms with Crippen LogP contribution in [0.5, 0.6) is 0 Å². The fraction of sp³-hybridized carbons (Fsp3) is 0. The van der Waals surface area contributed by atoms with Crippen LogP contribution in [0.2, 0.25) is 0 Å². The summed E-state index contributed by atoms with van der Waals surface area (Å²) in [5.41, 5.74) is 0.735. The largest absolute Gasteiger partial charge is 0.478 e. The molecule has 1 unspecified atom stereocenters. The number of carbonyl (C=O) groups excluding carboxylic acids is 1. The summed E-state index contributed by atoms with van der Waals surface area (Å²) in [6.45, 7) is 0. The van der Waals surface area contributed by atoms with Crippen LogP contribution in [0.25, 0.3) is 0 Å². The summed E-state index contributed by atoms with van der Waals surface area (Å²) in [5.74, 6) is -1.45. The molecule has 3 rings (SSSR count). The average Bonchev–Trinajstić information content (AvgIpc) is 2.56. The molecule has 0 saturated carbocycles. The van der Waals surface area contributed by atoms with Crippen molar-refractivity contribution in [2.75, 3.05) is 5.32 Å². The van der Waals surface area contributed by atoms with Gasteiger partial charge in [0.1, 0.15) is 0 Å². The molecule has 1 amide bonds. The summed E-state index contributed by atoms with van der Waals surface area (Å²) in [5, 5.41) is 11.7. The van der Waals surface area contributed by atoms with Crippen molar-refractivity contribution in [3.05, 3.63) is 53.6 Å². The molecule has 1 aliphatic heterocycles. The Morgan fingerprint density at radius 2 is 1.85 bits per heavy atom. The van der Waals surface area contributed by atoms with Crippen LogP contribution in [-0.4, -0.2) is 21.2 Å². The molecular weight excluding hydrogens is 278 g/mol. The Kier molecular flexibility index (Phi) is 2.87. The summed E-state index contributed by atoms with van der Waals surface area (Å²) in [6.07, 6.45) is 0. The van der Waals surface area contributed by atoms with E-state index in [2.05, 4.69) is 5.32 Å². The molecule has 100 valence electrons. The van der Waals surface area contributed by atoms with Crippen LogP contribution in [0, 0.1) is 0 Å². The highest BCUT2D eigenvalue weighted by molar-refractivity contribution is 7.85. The first-order valence-corrected chi connectivity index (χ1v) is 6.92. The predicted molar refractivity (Wildman–Crippen MR) is 72.5 cm³/mol. The van der Waals surface area contributed by atoms with E-state index in [0.717, 1.165) is 0 Å². The molecule has 1 aliphatic rings. The van der Waals surface area contributed by atoms with Gasteiger partial charge in [-0.3, -0.25) is 4.79 Å². The maximum Gasteiger partial charge on any atom is 0.335 e. The van der Waals surface area contributed by atoms with E-state index >= 15 is 0 Å². The second-order valence-corrected chi connectivity index (χ2v) is 5.65. The van der Waals surface area contributed by atoms with Gasteiger partial charge in [0.2, 0.25) is 0 Å². The van der Waals surface area contributed by atoms with Gasteiger partial charge in [0.05, 0.1) is 37.4 Å². The molecule has 2 aromatic rings. The summed E-state index contributed by atoms with van der Waals surface area (Å²) in [4.78, 5) is 23.7. The number of benzene rings is 2. The number of fused-ring (bicyclic) bond motifs is 2. The van der Waals surface area contributed by atoms with Gasteiger partial charge >= 0.3 is 5.97 Å². The van der Waals surface area contributed by atoms with Crippen LogP contribution < -0.4 is 5.32 Å². The molecule has 2 N–H and O–H groups in total. The highest BCUT2D eigenvalue weighted by Gasteiger charge is 2.25. The van der Waals surface area contributed by atoms with Gasteiger partial charge in [0.25, 0.3) is 5.91 Å². The second kappa shape index (κ2) is 4.57. The van der Waals surface area contributed by atoms with Crippen LogP contribution in [0.4, 0.5) is 5.69 Å². The number of carbonyl (C=O) groups is 2. The number of hydrogen-bond donors (Lipinski definition) is 2. The number of hydrogen-bond acceptors (Lipinski definition) is 3. The average molecular weight is 287 g/mol. The van der Waals surface area contributed by atoms with Gasteiger partial charge in [-0.2, -0.15) is 0 Å². The van der Waals surface area contributed by atoms with Crippen LogP contribution in [0.3, 0.4) is 0 Å². The molecule has 1 heterocycles. The second-order valence-electron chi connectivity index (χ2n) is 4.24. The molecule has 0 aromatic heterocycles. The number of carboxylic acids is 1. The third-order valence-electron chi connectivity index (χ3n) is 3.01. The Labute approximate surface area is 116 Å². The minimum absolute atomic E-state index is 0.0331. The lowest BCUT2D eigenvalue weighted by Crippen LogP contribution is -2.11. The maximum absolute atomic E-state index is 12.6. The van der Waals surface area contributed by atoms with E-state index < -0.39 is 16.8 Å². The quantitative estimate of drug-likeness (QED) is 0.841. The molecule has 0 fully saturated rings. The van der Waals surface area contributed by atoms with Crippen LogP contribution in [0.1, 0.15) is 20.7 Å². The van der Waals surface area contributed by atoms with Crippen molar-refractivity contribution in [3.8, 4) is 0 Å². The third-order valence-corrected chi connectivity index (χ3v) is 4.50. The fourth-order valence-electron chi connectivity index (χ4n) is 2.04. The van der Waals surface area contributed by atoms with Crippen molar-refractivity contribution in [1.29, 1.82) is 0 Å². The molecule has 0 spiro atoms. The number of nitrogens with one attached hydrogen (secondary N) is 1. The Morgan fingerprint density at radius 1 is 1.10 bits per heavy atom. The zero-order valence-electron chi connectivity index (χ0n) is 10.1. The molecule has 0 bridgehead atoms. The lowest BCUT2D eigenvalue weighted by Gasteiger charge is -2.06. The summed E-state index contributed by atoms with van der Waals surface area (Å²) < 4.78 is 12.6. The zero-order chi connectivity index (χ0) is 14.3.